The maximum atomic E-state index is 12.2. The Morgan fingerprint density at radius 3 is 2.65 bits per heavy atom. The van der Waals surface area contributed by atoms with Crippen LogP contribution in [0.3, 0.4) is 0 Å². The molecule has 2 atom stereocenters. The molecule has 0 aliphatic heterocycles. The number of rotatable bonds is 5. The molecule has 106 valence electrons. The van der Waals surface area contributed by atoms with E-state index in [1.165, 1.54) is 0 Å². The number of hydrogen-bond donors (Lipinski definition) is 1. The van der Waals surface area contributed by atoms with Gasteiger partial charge in [0, 0.05) is 27.6 Å². The van der Waals surface area contributed by atoms with Gasteiger partial charge in [0.15, 0.2) is 0 Å². The molecule has 0 saturated carbocycles. The fourth-order valence-corrected chi connectivity index (χ4v) is 3.64. The largest absolute Gasteiger partial charge is 0.323 e. The Morgan fingerprint density at radius 2 is 1.95 bits per heavy atom. The standard InChI is InChI=1S/C16H18ClNOS/c1-12-5-4-7-13(9-12)16(18)11-20(19)10-14-6-2-3-8-15(14)17/h2-9,16H,10-11,18H2,1H3. The summed E-state index contributed by atoms with van der Waals surface area (Å²) in [6, 6.07) is 15.3. The van der Waals surface area contributed by atoms with Crippen LogP contribution in [0.25, 0.3) is 0 Å². The minimum absolute atomic E-state index is 0.210. The summed E-state index contributed by atoms with van der Waals surface area (Å²) in [7, 11) is -1.03. The lowest BCUT2D eigenvalue weighted by Crippen LogP contribution is -2.19. The molecule has 2 unspecified atom stereocenters. The highest BCUT2D eigenvalue weighted by molar-refractivity contribution is 7.84. The number of benzene rings is 2. The Hall–Kier alpha value is -1.16. The highest BCUT2D eigenvalue weighted by atomic mass is 35.5. The number of halogens is 1. The van der Waals surface area contributed by atoms with Gasteiger partial charge < -0.3 is 5.73 Å². The van der Waals surface area contributed by atoms with Crippen molar-refractivity contribution in [3.63, 3.8) is 0 Å². The highest BCUT2D eigenvalue weighted by Gasteiger charge is 2.12. The molecule has 0 radical (unpaired) electrons. The highest BCUT2D eigenvalue weighted by Crippen LogP contribution is 2.19. The third-order valence-corrected chi connectivity index (χ3v) is 4.84. The van der Waals surface area contributed by atoms with Crippen molar-refractivity contribution in [2.75, 3.05) is 5.75 Å². The second-order valence-corrected chi connectivity index (χ2v) is 6.77. The van der Waals surface area contributed by atoms with Gasteiger partial charge in [0.25, 0.3) is 0 Å². The lowest BCUT2D eigenvalue weighted by molar-refractivity contribution is 0.674. The summed E-state index contributed by atoms with van der Waals surface area (Å²) in [5, 5.41) is 0.657. The summed E-state index contributed by atoms with van der Waals surface area (Å²) in [5.41, 5.74) is 9.22. The molecule has 0 amide bonds. The van der Waals surface area contributed by atoms with Crippen molar-refractivity contribution in [3.05, 3.63) is 70.2 Å². The van der Waals surface area contributed by atoms with Gasteiger partial charge in [-0.15, -0.1) is 0 Å². The van der Waals surface area contributed by atoms with Gasteiger partial charge in [-0.25, -0.2) is 0 Å². The smallest absolute Gasteiger partial charge is 0.0501 e. The van der Waals surface area contributed by atoms with Crippen molar-refractivity contribution in [2.24, 2.45) is 5.73 Å². The fourth-order valence-electron chi connectivity index (χ4n) is 2.05. The molecule has 0 bridgehead atoms. The minimum atomic E-state index is -1.03. The zero-order valence-corrected chi connectivity index (χ0v) is 13.0. The van der Waals surface area contributed by atoms with Gasteiger partial charge in [0.05, 0.1) is 5.75 Å². The monoisotopic (exact) mass is 307 g/mol. The average molecular weight is 308 g/mol. The third kappa shape index (κ3) is 4.17. The van der Waals surface area contributed by atoms with E-state index in [4.69, 9.17) is 17.3 Å². The van der Waals surface area contributed by atoms with Crippen molar-refractivity contribution in [2.45, 2.75) is 18.7 Å². The molecule has 0 heterocycles. The molecule has 0 spiro atoms. The number of nitrogens with two attached hydrogens (primary N) is 1. The zero-order chi connectivity index (χ0) is 14.5. The van der Waals surface area contributed by atoms with Crippen LogP contribution in [-0.4, -0.2) is 9.96 Å². The van der Waals surface area contributed by atoms with Gasteiger partial charge in [-0.3, -0.25) is 4.21 Å². The second kappa shape index (κ2) is 7.02. The van der Waals surface area contributed by atoms with Crippen LogP contribution in [0.15, 0.2) is 48.5 Å². The molecular weight excluding hydrogens is 290 g/mol. The maximum Gasteiger partial charge on any atom is 0.0501 e. The average Bonchev–Trinajstić information content (AvgIpc) is 2.41. The molecule has 2 rings (SSSR count). The first-order valence-corrected chi connectivity index (χ1v) is 8.33. The summed E-state index contributed by atoms with van der Waals surface area (Å²) >= 11 is 6.08. The van der Waals surface area contributed by atoms with E-state index in [1.807, 2.05) is 55.5 Å². The first-order chi connectivity index (χ1) is 9.56. The van der Waals surface area contributed by atoms with Crippen LogP contribution in [0.5, 0.6) is 0 Å². The summed E-state index contributed by atoms with van der Waals surface area (Å²) in [5.74, 6) is 0.883. The molecular formula is C16H18ClNOS. The lowest BCUT2D eigenvalue weighted by Gasteiger charge is -2.13. The first-order valence-electron chi connectivity index (χ1n) is 6.47. The molecule has 20 heavy (non-hydrogen) atoms. The summed E-state index contributed by atoms with van der Waals surface area (Å²) in [6.45, 7) is 2.02. The molecule has 2 nitrogen and oxygen atoms in total. The Balaban J connectivity index is 2.00. The van der Waals surface area contributed by atoms with Gasteiger partial charge in [-0.05, 0) is 24.1 Å². The predicted molar refractivity (Wildman–Crippen MR) is 86.3 cm³/mol. The van der Waals surface area contributed by atoms with Crippen molar-refractivity contribution >= 4 is 22.4 Å². The van der Waals surface area contributed by atoms with E-state index < -0.39 is 10.8 Å². The quantitative estimate of drug-likeness (QED) is 0.917. The van der Waals surface area contributed by atoms with Gasteiger partial charge in [0.2, 0.25) is 0 Å². The van der Waals surface area contributed by atoms with E-state index in [2.05, 4.69) is 0 Å². The van der Waals surface area contributed by atoms with E-state index in [-0.39, 0.29) is 6.04 Å². The molecule has 0 aliphatic carbocycles. The van der Waals surface area contributed by atoms with Crippen LogP contribution in [0.4, 0.5) is 0 Å². The minimum Gasteiger partial charge on any atom is -0.323 e. The molecule has 0 fully saturated rings. The summed E-state index contributed by atoms with van der Waals surface area (Å²) in [4.78, 5) is 0. The molecule has 2 N–H and O–H groups in total. The fraction of sp³-hybridized carbons (Fsp3) is 0.250. The van der Waals surface area contributed by atoms with Crippen molar-refractivity contribution < 1.29 is 4.21 Å². The number of hydrogen-bond acceptors (Lipinski definition) is 2. The van der Waals surface area contributed by atoms with Gasteiger partial charge >= 0.3 is 0 Å². The van der Waals surface area contributed by atoms with E-state index in [0.29, 0.717) is 16.5 Å². The third-order valence-electron chi connectivity index (χ3n) is 3.11. The lowest BCUT2D eigenvalue weighted by atomic mass is 10.1. The Kier molecular flexibility index (Phi) is 5.35. The molecule has 0 saturated heterocycles. The SMILES string of the molecule is Cc1cccc(C(N)CS(=O)Cc2ccccc2Cl)c1. The van der Waals surface area contributed by atoms with E-state index in [0.717, 1.165) is 16.7 Å². The van der Waals surface area contributed by atoms with Crippen molar-refractivity contribution in [3.8, 4) is 0 Å². The summed E-state index contributed by atoms with van der Waals surface area (Å²) in [6.07, 6.45) is 0. The van der Waals surface area contributed by atoms with Crippen LogP contribution >= 0.6 is 11.6 Å². The van der Waals surface area contributed by atoms with Crippen LogP contribution < -0.4 is 5.73 Å². The van der Waals surface area contributed by atoms with Crippen molar-refractivity contribution in [1.29, 1.82) is 0 Å². The van der Waals surface area contributed by atoms with Crippen molar-refractivity contribution in [1.82, 2.24) is 0 Å². The van der Waals surface area contributed by atoms with Crippen LogP contribution in [0.2, 0.25) is 5.02 Å². The predicted octanol–water partition coefficient (Wildman–Crippen LogP) is 3.60. The Morgan fingerprint density at radius 1 is 1.20 bits per heavy atom. The number of aryl methyl sites for hydroxylation is 1. The molecule has 0 aliphatic rings. The van der Waals surface area contributed by atoms with E-state index in [1.54, 1.807) is 0 Å². The molecule has 2 aromatic carbocycles. The van der Waals surface area contributed by atoms with Crippen LogP contribution in [0, 0.1) is 6.92 Å². The molecule has 4 heteroatoms. The normalized spacial score (nSPS) is 13.9. The second-order valence-electron chi connectivity index (χ2n) is 4.86. The van der Waals surface area contributed by atoms with E-state index in [9.17, 15) is 4.21 Å². The Labute approximate surface area is 127 Å². The van der Waals surface area contributed by atoms with Crippen LogP contribution in [-0.2, 0) is 16.6 Å². The zero-order valence-electron chi connectivity index (χ0n) is 11.4. The Bertz CT molecular complexity index is 615. The van der Waals surface area contributed by atoms with Gasteiger partial charge in [-0.2, -0.15) is 0 Å². The molecule has 2 aromatic rings. The van der Waals surface area contributed by atoms with Gasteiger partial charge in [0.1, 0.15) is 0 Å². The van der Waals surface area contributed by atoms with E-state index >= 15 is 0 Å². The van der Waals surface area contributed by atoms with Crippen LogP contribution in [0.1, 0.15) is 22.7 Å². The topological polar surface area (TPSA) is 43.1 Å². The maximum absolute atomic E-state index is 12.2. The molecule has 0 aromatic heterocycles. The first kappa shape index (κ1) is 15.2. The van der Waals surface area contributed by atoms with Gasteiger partial charge in [-0.1, -0.05) is 59.6 Å². The summed E-state index contributed by atoms with van der Waals surface area (Å²) < 4.78 is 12.2.